The number of nitrogens with one attached hydrogen (secondary N) is 3. The number of benzene rings is 1. The molecule has 1 heterocycles. The lowest BCUT2D eigenvalue weighted by molar-refractivity contribution is -0.137. The fourth-order valence-corrected chi connectivity index (χ4v) is 2.19. The topological polar surface area (TPSA) is 83.2 Å². The molecule has 0 saturated carbocycles. The third kappa shape index (κ3) is 3.82. The SMILES string of the molecule is CCONC(=O)C(Cc1c[nH]c2ccccc12)NC(C)=O. The van der Waals surface area contributed by atoms with Crippen LogP contribution < -0.4 is 10.8 Å². The highest BCUT2D eigenvalue weighted by atomic mass is 16.6. The Morgan fingerprint density at radius 3 is 2.81 bits per heavy atom. The van der Waals surface area contributed by atoms with Gasteiger partial charge >= 0.3 is 0 Å². The second-order valence-corrected chi connectivity index (χ2v) is 4.72. The first kappa shape index (κ1) is 15.1. The fraction of sp³-hybridized carbons (Fsp3) is 0.333. The van der Waals surface area contributed by atoms with Gasteiger partial charge in [0.2, 0.25) is 5.91 Å². The maximum Gasteiger partial charge on any atom is 0.266 e. The molecular weight excluding hydrogens is 270 g/mol. The highest BCUT2D eigenvalue weighted by Crippen LogP contribution is 2.19. The molecule has 6 heteroatoms. The Bertz CT molecular complexity index is 636. The maximum absolute atomic E-state index is 12.0. The number of fused-ring (bicyclic) bond motifs is 1. The van der Waals surface area contributed by atoms with Gasteiger partial charge < -0.3 is 10.3 Å². The van der Waals surface area contributed by atoms with Crippen molar-refractivity contribution in [1.29, 1.82) is 0 Å². The number of para-hydroxylation sites is 1. The smallest absolute Gasteiger partial charge is 0.266 e. The number of H-pyrrole nitrogens is 1. The third-order valence-electron chi connectivity index (χ3n) is 3.11. The number of carbonyl (C=O) groups is 2. The van der Waals surface area contributed by atoms with Crippen molar-refractivity contribution in [3.05, 3.63) is 36.0 Å². The Hall–Kier alpha value is -2.34. The van der Waals surface area contributed by atoms with Crippen LogP contribution >= 0.6 is 0 Å². The van der Waals surface area contributed by atoms with Gasteiger partial charge in [0, 0.05) is 30.4 Å². The lowest BCUT2D eigenvalue weighted by Gasteiger charge is -2.16. The Balaban J connectivity index is 2.17. The van der Waals surface area contributed by atoms with Crippen LogP contribution in [0.15, 0.2) is 30.5 Å². The molecular formula is C15H19N3O3. The number of carbonyl (C=O) groups excluding carboxylic acids is 2. The maximum atomic E-state index is 12.0. The van der Waals surface area contributed by atoms with Crippen molar-refractivity contribution in [2.45, 2.75) is 26.3 Å². The molecule has 0 bridgehead atoms. The summed E-state index contributed by atoms with van der Waals surface area (Å²) in [5.74, 6) is -0.621. The summed E-state index contributed by atoms with van der Waals surface area (Å²) < 4.78 is 0. The van der Waals surface area contributed by atoms with Gasteiger partial charge in [0.15, 0.2) is 0 Å². The first-order valence-electron chi connectivity index (χ1n) is 6.85. The van der Waals surface area contributed by atoms with E-state index in [4.69, 9.17) is 4.84 Å². The quantitative estimate of drug-likeness (QED) is 0.701. The molecule has 0 aliphatic rings. The van der Waals surface area contributed by atoms with Crippen LogP contribution in [0.4, 0.5) is 0 Å². The van der Waals surface area contributed by atoms with Gasteiger partial charge in [-0.3, -0.25) is 14.4 Å². The van der Waals surface area contributed by atoms with Gasteiger partial charge in [-0.2, -0.15) is 0 Å². The second-order valence-electron chi connectivity index (χ2n) is 4.72. The van der Waals surface area contributed by atoms with Gasteiger partial charge in [-0.05, 0) is 18.6 Å². The molecule has 0 radical (unpaired) electrons. The van der Waals surface area contributed by atoms with Crippen LogP contribution in [0, 0.1) is 0 Å². The number of aromatic amines is 1. The molecule has 6 nitrogen and oxygen atoms in total. The van der Waals surface area contributed by atoms with E-state index in [0.717, 1.165) is 16.5 Å². The molecule has 3 N–H and O–H groups in total. The standard InChI is InChI=1S/C15H19N3O3/c1-3-21-18-15(20)14(17-10(2)19)8-11-9-16-13-7-5-4-6-12(11)13/h4-7,9,14,16H,3,8H2,1-2H3,(H,17,19)(H,18,20). The highest BCUT2D eigenvalue weighted by Gasteiger charge is 2.21. The van der Waals surface area contributed by atoms with E-state index in [1.807, 2.05) is 30.5 Å². The van der Waals surface area contributed by atoms with Crippen LogP contribution in [0.5, 0.6) is 0 Å². The van der Waals surface area contributed by atoms with Gasteiger partial charge in [0.25, 0.3) is 5.91 Å². The predicted octanol–water partition coefficient (Wildman–Crippen LogP) is 1.28. The van der Waals surface area contributed by atoms with Crippen LogP contribution in [0.25, 0.3) is 10.9 Å². The van der Waals surface area contributed by atoms with Crippen LogP contribution in [0.3, 0.4) is 0 Å². The Morgan fingerprint density at radius 1 is 1.33 bits per heavy atom. The van der Waals surface area contributed by atoms with Crippen molar-refractivity contribution in [3.8, 4) is 0 Å². The monoisotopic (exact) mass is 289 g/mol. The Morgan fingerprint density at radius 2 is 2.10 bits per heavy atom. The molecule has 0 aliphatic heterocycles. The molecule has 1 aromatic heterocycles. The lowest BCUT2D eigenvalue weighted by atomic mass is 10.0. The van der Waals surface area contributed by atoms with Crippen molar-refractivity contribution in [3.63, 3.8) is 0 Å². The van der Waals surface area contributed by atoms with E-state index in [2.05, 4.69) is 15.8 Å². The van der Waals surface area contributed by atoms with Crippen LogP contribution in [-0.2, 0) is 20.8 Å². The minimum Gasteiger partial charge on any atom is -0.361 e. The predicted molar refractivity (Wildman–Crippen MR) is 79.4 cm³/mol. The molecule has 0 aliphatic carbocycles. The van der Waals surface area contributed by atoms with Crippen molar-refractivity contribution in [1.82, 2.24) is 15.8 Å². The molecule has 0 spiro atoms. The van der Waals surface area contributed by atoms with Crippen LogP contribution in [0.2, 0.25) is 0 Å². The van der Waals surface area contributed by atoms with E-state index >= 15 is 0 Å². The zero-order valence-electron chi connectivity index (χ0n) is 12.1. The van der Waals surface area contributed by atoms with Crippen molar-refractivity contribution in [2.75, 3.05) is 6.61 Å². The highest BCUT2D eigenvalue weighted by molar-refractivity contribution is 5.88. The molecule has 2 rings (SSSR count). The van der Waals surface area contributed by atoms with E-state index in [1.165, 1.54) is 6.92 Å². The third-order valence-corrected chi connectivity index (χ3v) is 3.11. The molecule has 21 heavy (non-hydrogen) atoms. The van der Waals surface area contributed by atoms with Gasteiger partial charge in [-0.25, -0.2) is 5.48 Å². The Kier molecular flexibility index (Phi) is 4.94. The normalized spacial score (nSPS) is 12.1. The molecule has 1 unspecified atom stereocenters. The summed E-state index contributed by atoms with van der Waals surface area (Å²) in [7, 11) is 0. The minimum atomic E-state index is -0.673. The number of aromatic nitrogens is 1. The molecule has 1 atom stereocenters. The van der Waals surface area contributed by atoms with Gasteiger partial charge in [0.1, 0.15) is 6.04 Å². The molecule has 0 saturated heterocycles. The lowest BCUT2D eigenvalue weighted by Crippen LogP contribution is -2.47. The molecule has 2 amide bonds. The number of hydrogen-bond acceptors (Lipinski definition) is 3. The largest absolute Gasteiger partial charge is 0.361 e. The second kappa shape index (κ2) is 6.90. The van der Waals surface area contributed by atoms with E-state index in [9.17, 15) is 9.59 Å². The number of amides is 2. The van der Waals surface area contributed by atoms with Gasteiger partial charge in [-0.1, -0.05) is 18.2 Å². The van der Waals surface area contributed by atoms with Gasteiger partial charge in [-0.15, -0.1) is 0 Å². The first-order chi connectivity index (χ1) is 10.1. The van der Waals surface area contributed by atoms with E-state index in [-0.39, 0.29) is 11.8 Å². The molecule has 2 aromatic rings. The molecule has 0 fully saturated rings. The Labute approximate surface area is 122 Å². The van der Waals surface area contributed by atoms with E-state index in [1.54, 1.807) is 6.92 Å². The van der Waals surface area contributed by atoms with Gasteiger partial charge in [0.05, 0.1) is 6.61 Å². The first-order valence-corrected chi connectivity index (χ1v) is 6.85. The average molecular weight is 289 g/mol. The average Bonchev–Trinajstić information content (AvgIpc) is 2.87. The molecule has 112 valence electrons. The minimum absolute atomic E-state index is 0.258. The summed E-state index contributed by atoms with van der Waals surface area (Å²) in [6.45, 7) is 3.52. The number of hydroxylamine groups is 1. The zero-order valence-corrected chi connectivity index (χ0v) is 12.1. The summed E-state index contributed by atoms with van der Waals surface area (Å²) in [5, 5.41) is 3.69. The van der Waals surface area contributed by atoms with E-state index < -0.39 is 6.04 Å². The van der Waals surface area contributed by atoms with Crippen LogP contribution in [-0.4, -0.2) is 29.4 Å². The number of rotatable bonds is 6. The van der Waals surface area contributed by atoms with E-state index in [0.29, 0.717) is 13.0 Å². The van der Waals surface area contributed by atoms with Crippen molar-refractivity contribution in [2.24, 2.45) is 0 Å². The zero-order chi connectivity index (χ0) is 15.2. The fourth-order valence-electron chi connectivity index (χ4n) is 2.19. The summed E-state index contributed by atoms with van der Waals surface area (Å²) in [6, 6.07) is 7.15. The van der Waals surface area contributed by atoms with Crippen molar-refractivity contribution >= 4 is 22.7 Å². The summed E-state index contributed by atoms with van der Waals surface area (Å²) in [5.41, 5.74) is 4.30. The summed E-state index contributed by atoms with van der Waals surface area (Å²) >= 11 is 0. The van der Waals surface area contributed by atoms with Crippen molar-refractivity contribution < 1.29 is 14.4 Å². The van der Waals surface area contributed by atoms with Crippen LogP contribution in [0.1, 0.15) is 19.4 Å². The summed E-state index contributed by atoms with van der Waals surface area (Å²) in [6.07, 6.45) is 2.25. The molecule has 1 aromatic carbocycles. The summed E-state index contributed by atoms with van der Waals surface area (Å²) in [4.78, 5) is 31.4. The number of hydrogen-bond donors (Lipinski definition) is 3.